The molecule has 0 saturated heterocycles. The lowest BCUT2D eigenvalue weighted by molar-refractivity contribution is -0.342. The van der Waals surface area contributed by atoms with Crippen LogP contribution in [0.15, 0.2) is 0 Å². The Balaban J connectivity index is 2.08. The molecule has 0 aliphatic heterocycles. The monoisotopic (exact) mass is 366 g/mol. The van der Waals surface area contributed by atoms with Crippen molar-refractivity contribution in [3.05, 3.63) is 0 Å². The summed E-state index contributed by atoms with van der Waals surface area (Å²) in [6.07, 6.45) is 18.1. The fourth-order valence-electron chi connectivity index (χ4n) is 5.00. The molecule has 2 nitrogen and oxygen atoms in total. The van der Waals surface area contributed by atoms with Gasteiger partial charge in [-0.25, -0.2) is 0 Å². The van der Waals surface area contributed by atoms with Crippen LogP contribution in [0.4, 0.5) is 0 Å². The van der Waals surface area contributed by atoms with Crippen LogP contribution in [-0.4, -0.2) is 18.0 Å². The zero-order chi connectivity index (χ0) is 19.0. The minimum atomic E-state index is -0.324. The molecule has 0 bridgehead atoms. The fourth-order valence-corrected chi connectivity index (χ4v) is 5.00. The van der Waals surface area contributed by atoms with Crippen molar-refractivity contribution >= 4 is 0 Å². The van der Waals surface area contributed by atoms with Crippen molar-refractivity contribution in [1.82, 2.24) is 0 Å². The number of unbranched alkanes of at least 4 members (excludes halogenated alkanes) is 5. The first-order valence-corrected chi connectivity index (χ1v) is 11.8. The second-order valence-corrected chi connectivity index (χ2v) is 9.54. The van der Waals surface area contributed by atoms with E-state index in [-0.39, 0.29) is 18.0 Å². The zero-order valence-electron chi connectivity index (χ0n) is 18.4. The molecule has 2 saturated carbocycles. The normalized spacial score (nSPS) is 20.4. The van der Waals surface area contributed by atoms with Gasteiger partial charge in [-0.15, -0.1) is 0 Å². The SMILES string of the molecule is CCCCCCCCC(C1CCC1)C(OC(C)C)(OC(C)C)C1CCC1. The molecule has 1 atom stereocenters. The third-order valence-electron chi connectivity index (χ3n) is 6.62. The zero-order valence-corrected chi connectivity index (χ0v) is 18.4. The molecule has 154 valence electrons. The first-order chi connectivity index (χ1) is 12.5. The average Bonchev–Trinajstić information content (AvgIpc) is 2.44. The summed E-state index contributed by atoms with van der Waals surface area (Å²) in [6.45, 7) is 11.1. The van der Waals surface area contributed by atoms with Gasteiger partial charge in [0, 0.05) is 11.8 Å². The standard InChI is InChI=1S/C24H46O2/c1-6-7-8-9-10-11-18-23(21-14-12-15-21)24(25-19(2)3,26-20(4)5)22-16-13-17-22/h19-23H,6-18H2,1-5H3. The van der Waals surface area contributed by atoms with Gasteiger partial charge in [0.05, 0.1) is 12.2 Å². The summed E-state index contributed by atoms with van der Waals surface area (Å²) in [6, 6.07) is 0. The third-order valence-corrected chi connectivity index (χ3v) is 6.62. The van der Waals surface area contributed by atoms with Crippen molar-refractivity contribution in [2.75, 3.05) is 0 Å². The molecular formula is C24H46O2. The highest BCUT2D eigenvalue weighted by Crippen LogP contribution is 2.52. The summed E-state index contributed by atoms with van der Waals surface area (Å²) in [5.41, 5.74) is 0. The van der Waals surface area contributed by atoms with Gasteiger partial charge in [0.15, 0.2) is 5.79 Å². The van der Waals surface area contributed by atoms with Crippen LogP contribution in [0.1, 0.15) is 118 Å². The van der Waals surface area contributed by atoms with E-state index in [9.17, 15) is 0 Å². The van der Waals surface area contributed by atoms with Gasteiger partial charge in [-0.1, -0.05) is 58.3 Å². The third kappa shape index (κ3) is 5.96. The molecule has 2 heteroatoms. The van der Waals surface area contributed by atoms with Gasteiger partial charge in [0.2, 0.25) is 0 Å². The average molecular weight is 367 g/mol. The molecule has 26 heavy (non-hydrogen) atoms. The minimum absolute atomic E-state index is 0.237. The lowest BCUT2D eigenvalue weighted by Crippen LogP contribution is -2.57. The molecular weight excluding hydrogens is 320 g/mol. The Labute approximate surface area is 163 Å². The van der Waals surface area contributed by atoms with Gasteiger partial charge in [-0.3, -0.25) is 0 Å². The van der Waals surface area contributed by atoms with Crippen molar-refractivity contribution in [3.63, 3.8) is 0 Å². The minimum Gasteiger partial charge on any atom is -0.347 e. The number of hydrogen-bond donors (Lipinski definition) is 0. The molecule has 0 spiro atoms. The number of ether oxygens (including phenoxy) is 2. The predicted octanol–water partition coefficient (Wildman–Crippen LogP) is 7.50. The molecule has 0 amide bonds. The van der Waals surface area contributed by atoms with Crippen LogP contribution in [0.2, 0.25) is 0 Å². The molecule has 0 radical (unpaired) electrons. The van der Waals surface area contributed by atoms with E-state index in [0.717, 1.165) is 5.92 Å². The van der Waals surface area contributed by atoms with E-state index >= 15 is 0 Å². The van der Waals surface area contributed by atoms with Crippen LogP contribution >= 0.6 is 0 Å². The van der Waals surface area contributed by atoms with E-state index in [2.05, 4.69) is 34.6 Å². The predicted molar refractivity (Wildman–Crippen MR) is 111 cm³/mol. The molecule has 1 unspecified atom stereocenters. The van der Waals surface area contributed by atoms with Crippen LogP contribution < -0.4 is 0 Å². The molecule has 0 aromatic rings. The van der Waals surface area contributed by atoms with Crippen LogP contribution in [0.25, 0.3) is 0 Å². The molecule has 0 heterocycles. The largest absolute Gasteiger partial charge is 0.347 e. The second-order valence-electron chi connectivity index (χ2n) is 9.54. The Morgan fingerprint density at radius 1 is 0.769 bits per heavy atom. The van der Waals surface area contributed by atoms with Gasteiger partial charge < -0.3 is 9.47 Å². The molecule has 2 rings (SSSR count). The van der Waals surface area contributed by atoms with Crippen molar-refractivity contribution in [2.45, 2.75) is 136 Å². The topological polar surface area (TPSA) is 18.5 Å². The first kappa shape index (κ1) is 22.2. The highest BCUT2D eigenvalue weighted by Gasteiger charge is 2.53. The second kappa shape index (κ2) is 11.1. The van der Waals surface area contributed by atoms with Crippen molar-refractivity contribution in [2.24, 2.45) is 17.8 Å². The van der Waals surface area contributed by atoms with Gasteiger partial charge in [0.1, 0.15) is 0 Å². The van der Waals surface area contributed by atoms with Crippen molar-refractivity contribution < 1.29 is 9.47 Å². The Hall–Kier alpha value is -0.0800. The molecule has 2 fully saturated rings. The molecule has 0 aromatic carbocycles. The summed E-state index contributed by atoms with van der Waals surface area (Å²) in [4.78, 5) is 0. The molecule has 0 aromatic heterocycles. The lowest BCUT2D eigenvalue weighted by atomic mass is 9.63. The van der Waals surface area contributed by atoms with Gasteiger partial charge in [-0.05, 0) is 65.7 Å². The Kier molecular flexibility index (Phi) is 9.44. The maximum Gasteiger partial charge on any atom is 0.174 e. The first-order valence-electron chi connectivity index (χ1n) is 11.8. The quantitative estimate of drug-likeness (QED) is 0.234. The summed E-state index contributed by atoms with van der Waals surface area (Å²) in [5.74, 6) is 1.70. The van der Waals surface area contributed by atoms with E-state index < -0.39 is 0 Å². The number of hydrogen-bond acceptors (Lipinski definition) is 2. The Bertz CT molecular complexity index is 358. The highest BCUT2D eigenvalue weighted by molar-refractivity contribution is 4.96. The summed E-state index contributed by atoms with van der Waals surface area (Å²) in [5, 5.41) is 0. The van der Waals surface area contributed by atoms with Crippen molar-refractivity contribution in [3.8, 4) is 0 Å². The maximum atomic E-state index is 6.75. The summed E-state index contributed by atoms with van der Waals surface area (Å²) in [7, 11) is 0. The van der Waals surface area contributed by atoms with Gasteiger partial charge >= 0.3 is 0 Å². The fraction of sp³-hybridized carbons (Fsp3) is 1.00. The lowest BCUT2D eigenvalue weighted by Gasteiger charge is -2.54. The van der Waals surface area contributed by atoms with E-state index in [4.69, 9.17) is 9.47 Å². The maximum absolute atomic E-state index is 6.75. The van der Waals surface area contributed by atoms with E-state index in [1.54, 1.807) is 0 Å². The Morgan fingerprint density at radius 2 is 1.31 bits per heavy atom. The van der Waals surface area contributed by atoms with E-state index in [0.29, 0.717) is 11.8 Å². The van der Waals surface area contributed by atoms with Crippen LogP contribution in [0.5, 0.6) is 0 Å². The van der Waals surface area contributed by atoms with Crippen LogP contribution in [0.3, 0.4) is 0 Å². The highest BCUT2D eigenvalue weighted by atomic mass is 16.7. The summed E-state index contributed by atoms with van der Waals surface area (Å²) < 4.78 is 13.5. The van der Waals surface area contributed by atoms with Gasteiger partial charge in [0.25, 0.3) is 0 Å². The molecule has 2 aliphatic carbocycles. The van der Waals surface area contributed by atoms with Crippen LogP contribution in [-0.2, 0) is 9.47 Å². The van der Waals surface area contributed by atoms with Crippen molar-refractivity contribution in [1.29, 1.82) is 0 Å². The smallest absolute Gasteiger partial charge is 0.174 e. The van der Waals surface area contributed by atoms with Crippen LogP contribution in [0, 0.1) is 17.8 Å². The number of rotatable bonds is 14. The Morgan fingerprint density at radius 3 is 1.73 bits per heavy atom. The molecule has 2 aliphatic rings. The molecule has 0 N–H and O–H groups in total. The summed E-state index contributed by atoms with van der Waals surface area (Å²) >= 11 is 0. The van der Waals surface area contributed by atoms with Gasteiger partial charge in [-0.2, -0.15) is 0 Å². The van der Waals surface area contributed by atoms with E-state index in [1.807, 2.05) is 0 Å². The van der Waals surface area contributed by atoms with E-state index in [1.165, 1.54) is 83.5 Å².